The molecule has 0 aromatic heterocycles. The Kier molecular flexibility index (Phi) is 6.14. The quantitative estimate of drug-likeness (QED) is 0.588. The lowest BCUT2D eigenvalue weighted by molar-refractivity contribution is -0.140. The van der Waals surface area contributed by atoms with E-state index in [-0.39, 0.29) is 5.91 Å². The molecule has 1 unspecified atom stereocenters. The second-order valence-corrected chi connectivity index (χ2v) is 7.88. The zero-order chi connectivity index (χ0) is 21.7. The van der Waals surface area contributed by atoms with Crippen LogP contribution in [0.3, 0.4) is 0 Å². The van der Waals surface area contributed by atoms with Gasteiger partial charge < -0.3 is 14.8 Å². The van der Waals surface area contributed by atoms with Crippen LogP contribution in [0.15, 0.2) is 78.9 Å². The van der Waals surface area contributed by atoms with Crippen LogP contribution < -0.4 is 5.32 Å². The first-order chi connectivity index (χ1) is 15.0. The van der Waals surface area contributed by atoms with Crippen LogP contribution in [-0.2, 0) is 40.4 Å². The van der Waals surface area contributed by atoms with E-state index in [0.29, 0.717) is 31.7 Å². The van der Waals surface area contributed by atoms with Gasteiger partial charge in [0.25, 0.3) is 5.91 Å². The first-order valence-electron chi connectivity index (χ1n) is 10.3. The van der Waals surface area contributed by atoms with Crippen LogP contribution >= 0.6 is 0 Å². The third kappa shape index (κ3) is 4.84. The zero-order valence-electron chi connectivity index (χ0n) is 17.5. The van der Waals surface area contributed by atoms with Crippen LogP contribution in [0.2, 0.25) is 0 Å². The van der Waals surface area contributed by atoms with E-state index in [2.05, 4.69) is 5.32 Å². The molecule has 1 aliphatic heterocycles. The van der Waals surface area contributed by atoms with Gasteiger partial charge in [-0.15, -0.1) is 0 Å². The Hall–Kier alpha value is -3.44. The van der Waals surface area contributed by atoms with Crippen molar-refractivity contribution in [2.45, 2.75) is 38.7 Å². The average Bonchev–Trinajstić information content (AvgIpc) is 2.79. The fourth-order valence-corrected chi connectivity index (χ4v) is 3.75. The molecule has 1 heterocycles. The molecular weight excluding hydrogens is 390 g/mol. The van der Waals surface area contributed by atoms with Gasteiger partial charge in [-0.1, -0.05) is 72.8 Å². The number of cyclic esters (lactones) is 1. The van der Waals surface area contributed by atoms with E-state index in [0.717, 1.165) is 22.3 Å². The second kappa shape index (κ2) is 9.14. The summed E-state index contributed by atoms with van der Waals surface area (Å²) in [7, 11) is 0. The number of carbonyl (C=O) groups excluding carboxylic acids is 2. The number of nitrogens with one attached hydrogen (secondary N) is 1. The van der Waals surface area contributed by atoms with Gasteiger partial charge in [-0.25, -0.2) is 4.79 Å². The third-order valence-electron chi connectivity index (χ3n) is 5.49. The fourth-order valence-electron chi connectivity index (χ4n) is 3.75. The molecule has 0 saturated carbocycles. The molecule has 5 nitrogen and oxygen atoms in total. The number of hydrogen-bond acceptors (Lipinski definition) is 4. The van der Waals surface area contributed by atoms with Gasteiger partial charge in [-0.2, -0.15) is 0 Å². The van der Waals surface area contributed by atoms with E-state index in [1.807, 2.05) is 66.7 Å². The van der Waals surface area contributed by atoms with Crippen molar-refractivity contribution < 1.29 is 19.1 Å². The SMILES string of the molecule is CC1(C(=O)NCc2ccccc2COCc2ccccc2)Cc2ccccc2C(=O)O1. The Morgan fingerprint density at radius 1 is 0.935 bits per heavy atom. The number of rotatable bonds is 7. The van der Waals surface area contributed by atoms with Crippen LogP contribution in [-0.4, -0.2) is 17.5 Å². The molecule has 0 bridgehead atoms. The van der Waals surface area contributed by atoms with Crippen molar-refractivity contribution in [3.8, 4) is 0 Å². The van der Waals surface area contributed by atoms with Crippen LogP contribution in [0.5, 0.6) is 0 Å². The van der Waals surface area contributed by atoms with Crippen molar-refractivity contribution >= 4 is 11.9 Å². The summed E-state index contributed by atoms with van der Waals surface area (Å²) in [5.74, 6) is -0.774. The predicted molar refractivity (Wildman–Crippen MR) is 117 cm³/mol. The van der Waals surface area contributed by atoms with Crippen LogP contribution in [0.25, 0.3) is 0 Å². The van der Waals surface area contributed by atoms with E-state index >= 15 is 0 Å². The fraction of sp³-hybridized carbons (Fsp3) is 0.231. The van der Waals surface area contributed by atoms with Crippen molar-refractivity contribution in [2.75, 3.05) is 0 Å². The maximum atomic E-state index is 12.9. The third-order valence-corrected chi connectivity index (χ3v) is 5.49. The highest BCUT2D eigenvalue weighted by molar-refractivity contribution is 5.97. The maximum absolute atomic E-state index is 12.9. The normalized spacial score (nSPS) is 17.5. The minimum atomic E-state index is -1.23. The molecule has 0 spiro atoms. The number of hydrogen-bond donors (Lipinski definition) is 1. The Morgan fingerprint density at radius 3 is 2.42 bits per heavy atom. The zero-order valence-corrected chi connectivity index (χ0v) is 17.5. The Bertz CT molecular complexity index is 1080. The largest absolute Gasteiger partial charge is 0.445 e. The topological polar surface area (TPSA) is 64.6 Å². The number of ether oxygens (including phenoxy) is 2. The van der Waals surface area contributed by atoms with Crippen LogP contribution in [0.1, 0.15) is 39.5 Å². The molecule has 4 rings (SSSR count). The Balaban J connectivity index is 1.38. The molecule has 1 aliphatic rings. The summed E-state index contributed by atoms with van der Waals surface area (Å²) < 4.78 is 11.4. The molecule has 5 heteroatoms. The molecule has 1 amide bonds. The van der Waals surface area contributed by atoms with Crippen LogP contribution in [0.4, 0.5) is 0 Å². The number of carbonyl (C=O) groups is 2. The summed E-state index contributed by atoms with van der Waals surface area (Å²) in [4.78, 5) is 25.3. The molecule has 1 atom stereocenters. The smallest absolute Gasteiger partial charge is 0.339 e. The molecule has 0 saturated heterocycles. The number of amides is 1. The predicted octanol–water partition coefficient (Wildman–Crippen LogP) is 4.19. The molecule has 0 aliphatic carbocycles. The summed E-state index contributed by atoms with van der Waals surface area (Å²) in [6, 6.07) is 25.1. The highest BCUT2D eigenvalue weighted by Gasteiger charge is 2.42. The van der Waals surface area contributed by atoms with Crippen molar-refractivity contribution in [3.63, 3.8) is 0 Å². The molecule has 3 aromatic carbocycles. The van der Waals surface area contributed by atoms with E-state index in [4.69, 9.17) is 9.47 Å². The van der Waals surface area contributed by atoms with E-state index in [1.165, 1.54) is 0 Å². The molecule has 0 radical (unpaired) electrons. The Labute approximate surface area is 182 Å². The van der Waals surface area contributed by atoms with Gasteiger partial charge in [0, 0.05) is 13.0 Å². The van der Waals surface area contributed by atoms with Gasteiger partial charge in [0.2, 0.25) is 0 Å². The van der Waals surface area contributed by atoms with Gasteiger partial charge in [-0.3, -0.25) is 4.79 Å². The summed E-state index contributed by atoms with van der Waals surface area (Å²) >= 11 is 0. The minimum absolute atomic E-state index is 0.310. The van der Waals surface area contributed by atoms with Gasteiger partial charge >= 0.3 is 5.97 Å². The summed E-state index contributed by atoms with van der Waals surface area (Å²) in [5.41, 5.74) is 3.20. The minimum Gasteiger partial charge on any atom is -0.445 e. The summed E-state index contributed by atoms with van der Waals surface area (Å²) in [5, 5.41) is 2.94. The molecule has 158 valence electrons. The van der Waals surface area contributed by atoms with Crippen LogP contribution in [0, 0.1) is 0 Å². The molecule has 3 aromatic rings. The average molecular weight is 415 g/mol. The van der Waals surface area contributed by atoms with Gasteiger partial charge in [0.05, 0.1) is 18.8 Å². The lowest BCUT2D eigenvalue weighted by Crippen LogP contribution is -2.51. The van der Waals surface area contributed by atoms with Crippen molar-refractivity contribution in [2.24, 2.45) is 0 Å². The maximum Gasteiger partial charge on any atom is 0.339 e. The monoisotopic (exact) mass is 415 g/mol. The van der Waals surface area contributed by atoms with Gasteiger partial charge in [-0.05, 0) is 35.2 Å². The number of esters is 1. The molecule has 31 heavy (non-hydrogen) atoms. The standard InChI is InChI=1S/C26H25NO4/c1-26(15-20-11-7-8-14-23(20)24(28)31-26)25(29)27-16-21-12-5-6-13-22(21)18-30-17-19-9-3-2-4-10-19/h2-14H,15-18H2,1H3,(H,27,29). The first-order valence-corrected chi connectivity index (χ1v) is 10.3. The van der Waals surface area contributed by atoms with Crippen molar-refractivity contribution in [1.82, 2.24) is 5.32 Å². The lowest BCUT2D eigenvalue weighted by atomic mass is 9.89. The van der Waals surface area contributed by atoms with Gasteiger partial charge in [0.1, 0.15) is 0 Å². The molecule has 0 fully saturated rings. The molecule has 1 N–H and O–H groups in total. The van der Waals surface area contributed by atoms with Crippen molar-refractivity contribution in [1.29, 1.82) is 0 Å². The highest BCUT2D eigenvalue weighted by atomic mass is 16.6. The Morgan fingerprint density at radius 2 is 1.61 bits per heavy atom. The van der Waals surface area contributed by atoms with Crippen molar-refractivity contribution in [3.05, 3.63) is 107 Å². The number of benzene rings is 3. The first kappa shape index (κ1) is 20.8. The van der Waals surface area contributed by atoms with E-state index < -0.39 is 11.6 Å². The molecular formula is C26H25NO4. The van der Waals surface area contributed by atoms with E-state index in [9.17, 15) is 9.59 Å². The number of fused-ring (bicyclic) bond motifs is 1. The lowest BCUT2D eigenvalue weighted by Gasteiger charge is -2.33. The summed E-state index contributed by atoms with van der Waals surface area (Å²) in [6.45, 7) is 2.96. The highest BCUT2D eigenvalue weighted by Crippen LogP contribution is 2.28. The summed E-state index contributed by atoms with van der Waals surface area (Å²) in [6.07, 6.45) is 0.350. The van der Waals surface area contributed by atoms with Gasteiger partial charge in [0.15, 0.2) is 5.60 Å². The second-order valence-electron chi connectivity index (χ2n) is 7.88. The van der Waals surface area contributed by atoms with E-state index in [1.54, 1.807) is 19.1 Å².